The van der Waals surface area contributed by atoms with Crippen molar-refractivity contribution in [3.8, 4) is 11.5 Å². The standard InChI is InChI=1S/C13H13NO5/c1-2-5-14-12(15)7-17-13(16)9-3-4-10-11(6-9)19-8-18-10/h2-4,6H,1,5,7-8H2,(H,14,15). The largest absolute Gasteiger partial charge is 0.454 e. The molecule has 1 aromatic carbocycles. The Morgan fingerprint density at radius 1 is 1.37 bits per heavy atom. The second-order valence-electron chi connectivity index (χ2n) is 3.74. The van der Waals surface area contributed by atoms with Crippen molar-refractivity contribution < 1.29 is 23.8 Å². The third-order valence-corrected chi connectivity index (χ3v) is 2.39. The number of amides is 1. The molecular weight excluding hydrogens is 250 g/mol. The summed E-state index contributed by atoms with van der Waals surface area (Å²) in [6.07, 6.45) is 1.54. The first-order valence-corrected chi connectivity index (χ1v) is 5.65. The summed E-state index contributed by atoms with van der Waals surface area (Å²) in [5.74, 6) is 0.104. The van der Waals surface area contributed by atoms with E-state index in [-0.39, 0.29) is 19.3 Å². The Morgan fingerprint density at radius 2 is 2.16 bits per heavy atom. The molecule has 1 amide bonds. The van der Waals surface area contributed by atoms with Crippen LogP contribution in [0.25, 0.3) is 0 Å². The van der Waals surface area contributed by atoms with Gasteiger partial charge in [0, 0.05) is 6.54 Å². The maximum absolute atomic E-state index is 11.7. The van der Waals surface area contributed by atoms with Crippen LogP contribution in [0, 0.1) is 0 Å². The molecule has 0 aromatic heterocycles. The van der Waals surface area contributed by atoms with Gasteiger partial charge in [-0.05, 0) is 18.2 Å². The van der Waals surface area contributed by atoms with Gasteiger partial charge in [0.15, 0.2) is 18.1 Å². The highest BCUT2D eigenvalue weighted by Crippen LogP contribution is 2.32. The number of carbonyl (C=O) groups is 2. The topological polar surface area (TPSA) is 73.9 Å². The highest BCUT2D eigenvalue weighted by Gasteiger charge is 2.17. The van der Waals surface area contributed by atoms with Gasteiger partial charge in [0.2, 0.25) is 6.79 Å². The Morgan fingerprint density at radius 3 is 2.95 bits per heavy atom. The molecule has 1 aromatic rings. The molecule has 0 aliphatic carbocycles. The molecule has 1 N–H and O–H groups in total. The lowest BCUT2D eigenvalue weighted by Gasteiger charge is -2.05. The minimum Gasteiger partial charge on any atom is -0.454 e. The zero-order chi connectivity index (χ0) is 13.7. The number of benzene rings is 1. The van der Waals surface area contributed by atoms with Gasteiger partial charge in [-0.3, -0.25) is 4.79 Å². The summed E-state index contributed by atoms with van der Waals surface area (Å²) in [7, 11) is 0. The number of rotatable bonds is 5. The molecule has 1 heterocycles. The number of ether oxygens (including phenoxy) is 3. The maximum Gasteiger partial charge on any atom is 0.338 e. The molecule has 0 unspecified atom stereocenters. The van der Waals surface area contributed by atoms with Crippen LogP contribution in [-0.2, 0) is 9.53 Å². The van der Waals surface area contributed by atoms with Gasteiger partial charge in [-0.25, -0.2) is 4.79 Å². The van der Waals surface area contributed by atoms with E-state index in [1.54, 1.807) is 12.1 Å². The molecule has 0 fully saturated rings. The van der Waals surface area contributed by atoms with Crippen molar-refractivity contribution in [1.29, 1.82) is 0 Å². The number of nitrogens with one attached hydrogen (secondary N) is 1. The van der Waals surface area contributed by atoms with Crippen LogP contribution in [-0.4, -0.2) is 31.8 Å². The molecule has 100 valence electrons. The second kappa shape index (κ2) is 5.90. The molecule has 0 atom stereocenters. The molecule has 19 heavy (non-hydrogen) atoms. The minimum absolute atomic E-state index is 0.137. The highest BCUT2D eigenvalue weighted by atomic mass is 16.7. The van der Waals surface area contributed by atoms with E-state index in [0.29, 0.717) is 23.6 Å². The number of esters is 1. The lowest BCUT2D eigenvalue weighted by molar-refractivity contribution is -0.124. The summed E-state index contributed by atoms with van der Waals surface area (Å²) in [6.45, 7) is 3.60. The highest BCUT2D eigenvalue weighted by molar-refractivity contribution is 5.92. The molecule has 6 heteroatoms. The molecule has 0 saturated heterocycles. The van der Waals surface area contributed by atoms with Crippen LogP contribution >= 0.6 is 0 Å². The molecule has 2 rings (SSSR count). The minimum atomic E-state index is -0.591. The van der Waals surface area contributed by atoms with Crippen molar-refractivity contribution in [2.75, 3.05) is 19.9 Å². The Balaban J connectivity index is 1.89. The van der Waals surface area contributed by atoms with Crippen molar-refractivity contribution in [3.63, 3.8) is 0 Å². The summed E-state index contributed by atoms with van der Waals surface area (Å²) in [6, 6.07) is 4.69. The normalized spacial score (nSPS) is 11.8. The summed E-state index contributed by atoms with van der Waals surface area (Å²) < 4.78 is 15.1. The van der Waals surface area contributed by atoms with E-state index in [2.05, 4.69) is 11.9 Å². The first-order chi connectivity index (χ1) is 9.20. The van der Waals surface area contributed by atoms with Crippen LogP contribution in [0.4, 0.5) is 0 Å². The first-order valence-electron chi connectivity index (χ1n) is 5.65. The number of hydrogen-bond donors (Lipinski definition) is 1. The van der Waals surface area contributed by atoms with E-state index in [1.165, 1.54) is 12.1 Å². The van der Waals surface area contributed by atoms with Crippen molar-refractivity contribution in [1.82, 2.24) is 5.32 Å². The fraction of sp³-hybridized carbons (Fsp3) is 0.231. The van der Waals surface area contributed by atoms with E-state index in [0.717, 1.165) is 0 Å². The third-order valence-electron chi connectivity index (χ3n) is 2.39. The third kappa shape index (κ3) is 3.25. The predicted octanol–water partition coefficient (Wildman–Crippen LogP) is 0.874. The average Bonchev–Trinajstić information content (AvgIpc) is 2.89. The van der Waals surface area contributed by atoms with Gasteiger partial charge in [-0.1, -0.05) is 6.08 Å². The van der Waals surface area contributed by atoms with Crippen LogP contribution in [0.2, 0.25) is 0 Å². The fourth-order valence-corrected chi connectivity index (χ4v) is 1.47. The zero-order valence-corrected chi connectivity index (χ0v) is 10.2. The van der Waals surface area contributed by atoms with Gasteiger partial charge in [0.05, 0.1) is 5.56 Å². The molecule has 6 nitrogen and oxygen atoms in total. The molecule has 0 radical (unpaired) electrons. The molecule has 0 spiro atoms. The van der Waals surface area contributed by atoms with Crippen molar-refractivity contribution in [2.24, 2.45) is 0 Å². The lowest BCUT2D eigenvalue weighted by Crippen LogP contribution is -2.28. The van der Waals surface area contributed by atoms with Crippen molar-refractivity contribution in [3.05, 3.63) is 36.4 Å². The van der Waals surface area contributed by atoms with Crippen LogP contribution in [0.1, 0.15) is 10.4 Å². The SMILES string of the molecule is C=CCNC(=O)COC(=O)c1ccc2c(c1)OCO2. The van der Waals surface area contributed by atoms with Crippen LogP contribution in [0.5, 0.6) is 11.5 Å². The summed E-state index contributed by atoms with van der Waals surface area (Å²) in [5, 5.41) is 2.50. The number of fused-ring (bicyclic) bond motifs is 1. The Bertz CT molecular complexity index is 512. The van der Waals surface area contributed by atoms with E-state index >= 15 is 0 Å². The number of carbonyl (C=O) groups excluding carboxylic acids is 2. The zero-order valence-electron chi connectivity index (χ0n) is 10.2. The van der Waals surface area contributed by atoms with Crippen molar-refractivity contribution >= 4 is 11.9 Å². The first kappa shape index (κ1) is 12.9. The molecule has 0 saturated carbocycles. The van der Waals surface area contributed by atoms with Crippen molar-refractivity contribution in [2.45, 2.75) is 0 Å². The van der Waals surface area contributed by atoms with Crippen LogP contribution in [0.3, 0.4) is 0 Å². The van der Waals surface area contributed by atoms with Crippen LogP contribution in [0.15, 0.2) is 30.9 Å². The lowest BCUT2D eigenvalue weighted by atomic mass is 10.2. The maximum atomic E-state index is 11.7. The smallest absolute Gasteiger partial charge is 0.338 e. The quantitative estimate of drug-likeness (QED) is 0.630. The summed E-state index contributed by atoms with van der Waals surface area (Å²) >= 11 is 0. The molecular formula is C13H13NO5. The molecule has 0 bridgehead atoms. The Labute approximate surface area is 110 Å². The predicted molar refractivity (Wildman–Crippen MR) is 66.1 cm³/mol. The Kier molecular flexibility index (Phi) is 4.02. The van der Waals surface area contributed by atoms with E-state index in [9.17, 15) is 9.59 Å². The molecule has 1 aliphatic rings. The summed E-state index contributed by atoms with van der Waals surface area (Å²) in [5.41, 5.74) is 0.306. The van der Waals surface area contributed by atoms with Gasteiger partial charge < -0.3 is 19.5 Å². The number of hydrogen-bond acceptors (Lipinski definition) is 5. The summed E-state index contributed by atoms with van der Waals surface area (Å²) in [4.78, 5) is 22.9. The van der Waals surface area contributed by atoms with Gasteiger partial charge in [-0.15, -0.1) is 6.58 Å². The molecule has 1 aliphatic heterocycles. The van der Waals surface area contributed by atoms with Crippen LogP contribution < -0.4 is 14.8 Å². The Hall–Kier alpha value is -2.50. The monoisotopic (exact) mass is 263 g/mol. The van der Waals surface area contributed by atoms with E-state index in [4.69, 9.17) is 14.2 Å². The fourth-order valence-electron chi connectivity index (χ4n) is 1.47. The second-order valence-corrected chi connectivity index (χ2v) is 3.74. The van der Waals surface area contributed by atoms with Gasteiger partial charge in [-0.2, -0.15) is 0 Å². The van der Waals surface area contributed by atoms with Gasteiger partial charge in [0.25, 0.3) is 5.91 Å². The average molecular weight is 263 g/mol. The van der Waals surface area contributed by atoms with E-state index in [1.807, 2.05) is 0 Å². The van der Waals surface area contributed by atoms with E-state index < -0.39 is 5.97 Å². The van der Waals surface area contributed by atoms with Gasteiger partial charge >= 0.3 is 5.97 Å². The van der Waals surface area contributed by atoms with Gasteiger partial charge in [0.1, 0.15) is 0 Å².